The second kappa shape index (κ2) is 11.9. The fourth-order valence-electron chi connectivity index (χ4n) is 8.71. The first kappa shape index (κ1) is 30.8. The molecule has 0 atom stereocenters. The SMILES string of the molecule is c1ccc2cc(-c3nc(-c4ccc5ccccc5c4)nc(-n4c5cc(-n6c7ccccc7c7ccccc76)ccc5c5c6ccccc6ccc54)n3)ccc2c1. The van der Waals surface area contributed by atoms with Gasteiger partial charge in [-0.25, -0.2) is 4.98 Å². The third-order valence-corrected chi connectivity index (χ3v) is 11.3. The Balaban J connectivity index is 1.18. The molecular formula is C51H31N5. The molecule has 0 spiro atoms. The van der Waals surface area contributed by atoms with Crippen LogP contribution in [-0.4, -0.2) is 24.1 Å². The molecule has 56 heavy (non-hydrogen) atoms. The summed E-state index contributed by atoms with van der Waals surface area (Å²) in [6.45, 7) is 0. The van der Waals surface area contributed by atoms with Crippen LogP contribution in [0.3, 0.4) is 0 Å². The molecule has 12 aromatic rings. The largest absolute Gasteiger partial charge is 0.309 e. The van der Waals surface area contributed by atoms with Gasteiger partial charge in [-0.3, -0.25) is 4.57 Å². The maximum absolute atomic E-state index is 5.35. The maximum Gasteiger partial charge on any atom is 0.238 e. The molecule has 0 radical (unpaired) electrons. The monoisotopic (exact) mass is 713 g/mol. The summed E-state index contributed by atoms with van der Waals surface area (Å²) in [5, 5.41) is 11.8. The number of rotatable bonds is 4. The number of nitrogens with zero attached hydrogens (tertiary/aromatic N) is 5. The molecule has 5 nitrogen and oxygen atoms in total. The van der Waals surface area contributed by atoms with Crippen molar-refractivity contribution in [3.8, 4) is 34.4 Å². The van der Waals surface area contributed by atoms with Crippen molar-refractivity contribution in [2.24, 2.45) is 0 Å². The average molecular weight is 714 g/mol. The van der Waals surface area contributed by atoms with Gasteiger partial charge in [-0.15, -0.1) is 0 Å². The number of hydrogen-bond donors (Lipinski definition) is 0. The third-order valence-electron chi connectivity index (χ3n) is 11.3. The molecule has 3 heterocycles. The summed E-state index contributed by atoms with van der Waals surface area (Å²) in [5.41, 5.74) is 7.34. The smallest absolute Gasteiger partial charge is 0.238 e. The fourth-order valence-corrected chi connectivity index (χ4v) is 8.71. The summed E-state index contributed by atoms with van der Waals surface area (Å²) in [6, 6.07) is 66.9. The van der Waals surface area contributed by atoms with E-state index in [0.29, 0.717) is 17.6 Å². The van der Waals surface area contributed by atoms with E-state index < -0.39 is 0 Å². The van der Waals surface area contributed by atoms with Crippen LogP contribution in [0.15, 0.2) is 188 Å². The van der Waals surface area contributed by atoms with Gasteiger partial charge in [0.05, 0.1) is 22.1 Å². The van der Waals surface area contributed by atoms with Gasteiger partial charge < -0.3 is 4.57 Å². The lowest BCUT2D eigenvalue weighted by Crippen LogP contribution is -2.06. The van der Waals surface area contributed by atoms with Crippen molar-refractivity contribution < 1.29 is 0 Å². The van der Waals surface area contributed by atoms with Gasteiger partial charge in [0, 0.05) is 38.4 Å². The van der Waals surface area contributed by atoms with Gasteiger partial charge in [0.2, 0.25) is 5.95 Å². The number of benzene rings is 9. The van der Waals surface area contributed by atoms with Gasteiger partial charge in [0.1, 0.15) is 0 Å². The Labute approximate surface area is 321 Å². The molecule has 0 aliphatic carbocycles. The van der Waals surface area contributed by atoms with E-state index in [4.69, 9.17) is 15.0 Å². The van der Waals surface area contributed by atoms with Crippen molar-refractivity contribution >= 4 is 75.9 Å². The van der Waals surface area contributed by atoms with E-state index in [2.05, 4.69) is 197 Å². The van der Waals surface area contributed by atoms with Crippen molar-refractivity contribution in [3.05, 3.63) is 188 Å². The standard InChI is InChI=1S/C51H31N5/c1-3-14-35-29-37(23-21-32(35)11-1)49-52-50(38-24-22-33-12-2-4-15-36(33)30-38)54-51(53-49)56-46-28-25-34-13-5-6-16-40(34)48(46)43-27-26-39(31-47(43)56)55-44-19-9-7-17-41(44)42-18-8-10-20-45(42)55/h1-31H. The number of fused-ring (bicyclic) bond motifs is 10. The van der Waals surface area contributed by atoms with E-state index in [1.165, 1.54) is 48.7 Å². The van der Waals surface area contributed by atoms with E-state index >= 15 is 0 Å². The van der Waals surface area contributed by atoms with Gasteiger partial charge in [-0.2, -0.15) is 9.97 Å². The Bertz CT molecular complexity index is 3400. The molecule has 5 heteroatoms. The molecule has 0 amide bonds. The summed E-state index contributed by atoms with van der Waals surface area (Å²) < 4.78 is 4.61. The summed E-state index contributed by atoms with van der Waals surface area (Å²) in [6.07, 6.45) is 0. The second-order valence-electron chi connectivity index (χ2n) is 14.5. The molecular weight excluding hydrogens is 683 g/mol. The van der Waals surface area contributed by atoms with Gasteiger partial charge >= 0.3 is 0 Å². The number of para-hydroxylation sites is 2. The first-order valence-corrected chi connectivity index (χ1v) is 18.9. The normalized spacial score (nSPS) is 11.9. The molecule has 3 aromatic heterocycles. The van der Waals surface area contributed by atoms with Crippen LogP contribution in [0.2, 0.25) is 0 Å². The van der Waals surface area contributed by atoms with Crippen LogP contribution >= 0.6 is 0 Å². The van der Waals surface area contributed by atoms with E-state index in [-0.39, 0.29) is 0 Å². The number of aromatic nitrogens is 5. The molecule has 0 fully saturated rings. The van der Waals surface area contributed by atoms with Crippen LogP contribution in [0.5, 0.6) is 0 Å². The van der Waals surface area contributed by atoms with Crippen LogP contribution < -0.4 is 0 Å². The van der Waals surface area contributed by atoms with Crippen LogP contribution in [0.1, 0.15) is 0 Å². The second-order valence-corrected chi connectivity index (χ2v) is 14.5. The Morgan fingerprint density at radius 1 is 0.304 bits per heavy atom. The van der Waals surface area contributed by atoms with E-state index in [1.807, 2.05) is 0 Å². The molecule has 9 aromatic carbocycles. The van der Waals surface area contributed by atoms with Gasteiger partial charge in [0.25, 0.3) is 0 Å². The van der Waals surface area contributed by atoms with Gasteiger partial charge in [0.15, 0.2) is 11.6 Å². The fraction of sp³-hybridized carbons (Fsp3) is 0. The molecule has 0 saturated heterocycles. The highest BCUT2D eigenvalue weighted by molar-refractivity contribution is 6.21. The molecule has 260 valence electrons. The Morgan fingerprint density at radius 3 is 1.45 bits per heavy atom. The zero-order valence-electron chi connectivity index (χ0n) is 30.1. The predicted molar refractivity (Wildman–Crippen MR) is 232 cm³/mol. The zero-order chi connectivity index (χ0) is 36.7. The lowest BCUT2D eigenvalue weighted by Gasteiger charge is -2.13. The summed E-state index contributed by atoms with van der Waals surface area (Å²) in [5.74, 6) is 1.82. The van der Waals surface area contributed by atoms with Crippen LogP contribution in [-0.2, 0) is 0 Å². The van der Waals surface area contributed by atoms with Gasteiger partial charge in [-0.05, 0) is 74.8 Å². The topological polar surface area (TPSA) is 48.5 Å². The van der Waals surface area contributed by atoms with E-state index in [9.17, 15) is 0 Å². The quantitative estimate of drug-likeness (QED) is 0.182. The predicted octanol–water partition coefficient (Wildman–Crippen LogP) is 12.9. The van der Waals surface area contributed by atoms with Crippen molar-refractivity contribution in [3.63, 3.8) is 0 Å². The lowest BCUT2D eigenvalue weighted by atomic mass is 10.0. The van der Waals surface area contributed by atoms with Gasteiger partial charge in [-0.1, -0.05) is 146 Å². The molecule has 0 aliphatic heterocycles. The molecule has 0 bridgehead atoms. The van der Waals surface area contributed by atoms with Crippen molar-refractivity contribution in [2.45, 2.75) is 0 Å². The Hall–Kier alpha value is -7.63. The Morgan fingerprint density at radius 2 is 0.821 bits per heavy atom. The highest BCUT2D eigenvalue weighted by atomic mass is 15.2. The number of hydrogen-bond acceptors (Lipinski definition) is 3. The lowest BCUT2D eigenvalue weighted by molar-refractivity contribution is 0.953. The Kier molecular flexibility index (Phi) is 6.56. The average Bonchev–Trinajstić information content (AvgIpc) is 3.79. The first-order chi connectivity index (χ1) is 27.7. The van der Waals surface area contributed by atoms with Crippen LogP contribution in [0, 0.1) is 0 Å². The van der Waals surface area contributed by atoms with E-state index in [0.717, 1.165) is 44.0 Å². The summed E-state index contributed by atoms with van der Waals surface area (Å²) in [7, 11) is 0. The minimum atomic E-state index is 0.570. The minimum absolute atomic E-state index is 0.570. The van der Waals surface area contributed by atoms with Crippen molar-refractivity contribution in [2.75, 3.05) is 0 Å². The van der Waals surface area contributed by atoms with Crippen molar-refractivity contribution in [1.82, 2.24) is 24.1 Å². The molecule has 12 rings (SSSR count). The van der Waals surface area contributed by atoms with Crippen molar-refractivity contribution in [1.29, 1.82) is 0 Å². The molecule has 0 saturated carbocycles. The highest BCUT2D eigenvalue weighted by Gasteiger charge is 2.21. The minimum Gasteiger partial charge on any atom is -0.309 e. The third kappa shape index (κ3) is 4.64. The summed E-state index contributed by atoms with van der Waals surface area (Å²) >= 11 is 0. The first-order valence-electron chi connectivity index (χ1n) is 18.9. The van der Waals surface area contributed by atoms with Crippen LogP contribution in [0.4, 0.5) is 0 Å². The summed E-state index contributed by atoms with van der Waals surface area (Å²) in [4.78, 5) is 15.9. The van der Waals surface area contributed by atoms with Crippen LogP contribution in [0.25, 0.3) is 110 Å². The highest BCUT2D eigenvalue weighted by Crippen LogP contribution is 2.40. The zero-order valence-corrected chi connectivity index (χ0v) is 30.1. The molecule has 0 N–H and O–H groups in total. The molecule has 0 aliphatic rings. The maximum atomic E-state index is 5.35. The van der Waals surface area contributed by atoms with E-state index in [1.54, 1.807) is 0 Å². The molecule has 0 unspecified atom stereocenters.